The number of nitriles is 1. The first-order valence-corrected chi connectivity index (χ1v) is 10.2. The van der Waals surface area contributed by atoms with Crippen LogP contribution in [0, 0.1) is 21.4 Å². The van der Waals surface area contributed by atoms with Crippen molar-refractivity contribution in [3.8, 4) is 6.07 Å². The Morgan fingerprint density at radius 1 is 1.06 bits per heavy atom. The Bertz CT molecular complexity index is 1260. The summed E-state index contributed by atoms with van der Waals surface area (Å²) in [6.07, 6.45) is 6.29. The maximum atomic E-state index is 12.7. The van der Waals surface area contributed by atoms with E-state index in [2.05, 4.69) is 0 Å². The molecule has 33 heavy (non-hydrogen) atoms. The molecule has 0 amide bonds. The van der Waals surface area contributed by atoms with E-state index in [-0.39, 0.29) is 22.5 Å². The third kappa shape index (κ3) is 4.94. The fourth-order valence-electron chi connectivity index (χ4n) is 3.02. The number of ether oxygens (including phenoxy) is 2. The van der Waals surface area contributed by atoms with Crippen molar-refractivity contribution in [2.24, 2.45) is 0 Å². The van der Waals surface area contributed by atoms with Gasteiger partial charge in [-0.25, -0.2) is 9.59 Å². The van der Waals surface area contributed by atoms with Gasteiger partial charge in [-0.15, -0.1) is 0 Å². The zero-order valence-electron chi connectivity index (χ0n) is 17.6. The third-order valence-corrected chi connectivity index (χ3v) is 5.67. The van der Waals surface area contributed by atoms with Crippen LogP contribution in [0.4, 0.5) is 11.4 Å². The number of carbonyl (C=O) groups excluding carboxylic acids is 2. The number of nitro groups is 1. The van der Waals surface area contributed by atoms with Crippen molar-refractivity contribution in [1.82, 2.24) is 0 Å². The number of hydrogen-bond acceptors (Lipinski definition) is 9. The minimum atomic E-state index is -0.751. The van der Waals surface area contributed by atoms with Gasteiger partial charge in [-0.3, -0.25) is 10.1 Å². The van der Waals surface area contributed by atoms with E-state index in [4.69, 9.17) is 9.47 Å². The highest BCUT2D eigenvalue weighted by Gasteiger charge is 2.28. The Morgan fingerprint density at radius 3 is 2.45 bits per heavy atom. The van der Waals surface area contributed by atoms with Crippen LogP contribution in [0.15, 0.2) is 88.0 Å². The highest BCUT2D eigenvalue weighted by molar-refractivity contribution is 7.99. The van der Waals surface area contributed by atoms with Crippen LogP contribution in [0.2, 0.25) is 0 Å². The fraction of sp³-hybridized carbons (Fsp3) is 0.0870. The first kappa shape index (κ1) is 23.3. The summed E-state index contributed by atoms with van der Waals surface area (Å²) in [5, 5.41) is 20.5. The van der Waals surface area contributed by atoms with Crippen LogP contribution in [0.1, 0.15) is 5.56 Å². The average Bonchev–Trinajstić information content (AvgIpc) is 3.06. The van der Waals surface area contributed by atoms with Crippen molar-refractivity contribution < 1.29 is 24.0 Å². The minimum Gasteiger partial charge on any atom is -0.465 e. The topological polar surface area (TPSA) is 123 Å². The van der Waals surface area contributed by atoms with Gasteiger partial charge in [0, 0.05) is 28.1 Å². The van der Waals surface area contributed by atoms with Crippen LogP contribution in [-0.4, -0.2) is 31.1 Å². The molecule has 166 valence electrons. The predicted octanol–water partition coefficient (Wildman–Crippen LogP) is 4.11. The van der Waals surface area contributed by atoms with E-state index in [1.807, 2.05) is 6.07 Å². The summed E-state index contributed by atoms with van der Waals surface area (Å²) in [6, 6.07) is 13.0. The average molecular weight is 463 g/mol. The number of benzene rings is 2. The lowest BCUT2D eigenvalue weighted by Gasteiger charge is -2.25. The van der Waals surface area contributed by atoms with E-state index in [1.165, 1.54) is 55.2 Å². The normalized spacial score (nSPS) is 12.7. The molecule has 0 atom stereocenters. The zero-order chi connectivity index (χ0) is 24.0. The van der Waals surface area contributed by atoms with Crippen molar-refractivity contribution in [3.05, 3.63) is 93.8 Å². The van der Waals surface area contributed by atoms with Crippen molar-refractivity contribution in [2.45, 2.75) is 9.79 Å². The molecule has 3 rings (SSSR count). The summed E-state index contributed by atoms with van der Waals surface area (Å²) in [5.41, 5.74) is 0.417. The van der Waals surface area contributed by atoms with Crippen molar-refractivity contribution in [2.75, 3.05) is 19.1 Å². The van der Waals surface area contributed by atoms with E-state index >= 15 is 0 Å². The lowest BCUT2D eigenvalue weighted by atomic mass is 10.1. The number of rotatable bonds is 6. The molecule has 0 aromatic heterocycles. The number of esters is 2. The van der Waals surface area contributed by atoms with Crippen LogP contribution < -0.4 is 4.90 Å². The van der Waals surface area contributed by atoms with Crippen LogP contribution in [0.3, 0.4) is 0 Å². The van der Waals surface area contributed by atoms with Crippen molar-refractivity contribution in [1.29, 1.82) is 5.26 Å². The van der Waals surface area contributed by atoms with Gasteiger partial charge in [0.1, 0.15) is 11.8 Å². The molecule has 2 aromatic carbocycles. The molecule has 0 saturated heterocycles. The second-order valence-electron chi connectivity index (χ2n) is 6.44. The Labute approximate surface area is 193 Å². The number of non-ortho nitro benzene ring substituents is 1. The van der Waals surface area contributed by atoms with Gasteiger partial charge in [0.05, 0.1) is 36.0 Å². The summed E-state index contributed by atoms with van der Waals surface area (Å²) in [4.78, 5) is 38.2. The Kier molecular flexibility index (Phi) is 7.27. The summed E-state index contributed by atoms with van der Waals surface area (Å²) in [6.45, 7) is 0. The van der Waals surface area contributed by atoms with Crippen LogP contribution >= 0.6 is 11.8 Å². The lowest BCUT2D eigenvalue weighted by Crippen LogP contribution is -2.27. The lowest BCUT2D eigenvalue weighted by molar-refractivity contribution is -0.384. The molecule has 0 fully saturated rings. The monoisotopic (exact) mass is 463 g/mol. The standard InChI is InChI=1S/C23H17N3O6S/c1-31-22(27)17-7-5-6-12-25(21(17)23(28)32-2)18-8-3-4-9-20(18)33-19-11-10-16(26(29)30)13-15(19)14-24/h3-13H,1-2H3. The van der Waals surface area contributed by atoms with Gasteiger partial charge in [0.25, 0.3) is 5.69 Å². The molecule has 1 aliphatic heterocycles. The molecule has 0 spiro atoms. The highest BCUT2D eigenvalue weighted by Crippen LogP contribution is 2.40. The van der Waals surface area contributed by atoms with Gasteiger partial charge in [-0.1, -0.05) is 30.0 Å². The summed E-state index contributed by atoms with van der Waals surface area (Å²) >= 11 is 1.19. The molecule has 0 aliphatic carbocycles. The molecule has 1 aliphatic rings. The number of para-hydroxylation sites is 1. The van der Waals surface area contributed by atoms with Gasteiger partial charge in [-0.2, -0.15) is 5.26 Å². The maximum absolute atomic E-state index is 12.7. The number of allylic oxidation sites excluding steroid dienone is 2. The maximum Gasteiger partial charge on any atom is 0.355 e. The second kappa shape index (κ2) is 10.3. The molecular formula is C23H17N3O6S. The molecule has 2 aromatic rings. The fourth-order valence-corrected chi connectivity index (χ4v) is 4.03. The Morgan fingerprint density at radius 2 is 1.79 bits per heavy atom. The quantitative estimate of drug-likeness (QED) is 0.354. The van der Waals surface area contributed by atoms with Crippen LogP contribution in [-0.2, 0) is 19.1 Å². The first-order valence-electron chi connectivity index (χ1n) is 9.41. The van der Waals surface area contributed by atoms with E-state index in [9.17, 15) is 25.0 Å². The number of anilines is 1. The number of methoxy groups -OCH3 is 2. The van der Waals surface area contributed by atoms with Gasteiger partial charge in [0.15, 0.2) is 0 Å². The van der Waals surface area contributed by atoms with Gasteiger partial charge in [0.2, 0.25) is 0 Å². The largest absolute Gasteiger partial charge is 0.465 e. The minimum absolute atomic E-state index is 0.00204. The third-order valence-electron chi connectivity index (χ3n) is 4.53. The molecule has 9 nitrogen and oxygen atoms in total. The highest BCUT2D eigenvalue weighted by atomic mass is 32.2. The molecule has 0 radical (unpaired) electrons. The van der Waals surface area contributed by atoms with Crippen molar-refractivity contribution >= 4 is 35.1 Å². The molecule has 0 bridgehead atoms. The molecule has 1 heterocycles. The summed E-state index contributed by atoms with van der Waals surface area (Å²) in [5.74, 6) is -1.47. The molecule has 0 unspecified atom stereocenters. The molecule has 10 heteroatoms. The van der Waals surface area contributed by atoms with E-state index in [0.29, 0.717) is 15.5 Å². The SMILES string of the molecule is COC(=O)C1=C(C(=O)OC)N(c2ccccc2Sc2ccc([N+](=O)[O-])cc2C#N)C=CC=C1. The zero-order valence-corrected chi connectivity index (χ0v) is 18.4. The molecule has 0 saturated carbocycles. The van der Waals surface area contributed by atoms with Crippen LogP contribution in [0.5, 0.6) is 0 Å². The van der Waals surface area contributed by atoms with Gasteiger partial charge >= 0.3 is 11.9 Å². The van der Waals surface area contributed by atoms with Crippen LogP contribution in [0.25, 0.3) is 0 Å². The smallest absolute Gasteiger partial charge is 0.355 e. The molecular weight excluding hydrogens is 446 g/mol. The summed E-state index contributed by atoms with van der Waals surface area (Å²) in [7, 11) is 2.42. The van der Waals surface area contributed by atoms with E-state index < -0.39 is 16.9 Å². The number of nitro benzene ring substituents is 1. The predicted molar refractivity (Wildman–Crippen MR) is 120 cm³/mol. The van der Waals surface area contributed by atoms with E-state index in [1.54, 1.807) is 42.6 Å². The number of carbonyl (C=O) groups is 2. The Balaban J connectivity index is 2.14. The van der Waals surface area contributed by atoms with E-state index in [0.717, 1.165) is 0 Å². The summed E-state index contributed by atoms with van der Waals surface area (Å²) < 4.78 is 9.76. The van der Waals surface area contributed by atoms with Gasteiger partial charge < -0.3 is 14.4 Å². The Hall–Kier alpha value is -4.36. The molecule has 0 N–H and O–H groups in total. The number of hydrogen-bond donors (Lipinski definition) is 0. The van der Waals surface area contributed by atoms with Gasteiger partial charge in [-0.05, 0) is 30.4 Å². The number of nitrogens with zero attached hydrogens (tertiary/aromatic N) is 3. The second-order valence-corrected chi connectivity index (χ2v) is 7.52. The van der Waals surface area contributed by atoms with Crippen molar-refractivity contribution in [3.63, 3.8) is 0 Å². The first-order chi connectivity index (χ1) is 15.9.